The summed E-state index contributed by atoms with van der Waals surface area (Å²) in [5, 5.41) is 10.2. The molecule has 1 aliphatic heterocycles. The average molecular weight is 306 g/mol. The van der Waals surface area contributed by atoms with Crippen molar-refractivity contribution in [2.75, 3.05) is 0 Å². The van der Waals surface area contributed by atoms with Gasteiger partial charge in [-0.15, -0.1) is 0 Å². The molecule has 0 aliphatic carbocycles. The fourth-order valence-electron chi connectivity index (χ4n) is 2.20. The zero-order valence-electron chi connectivity index (χ0n) is 9.58. The summed E-state index contributed by atoms with van der Waals surface area (Å²) in [5.74, 6) is 0.751. The average Bonchev–Trinajstić information content (AvgIpc) is 2.39. The van der Waals surface area contributed by atoms with Crippen LogP contribution in [-0.2, 0) is 0 Å². The molecule has 0 saturated heterocycles. The molecule has 1 aliphatic rings. The first-order valence-corrected chi connectivity index (χ1v) is 6.57. The van der Waals surface area contributed by atoms with Gasteiger partial charge >= 0.3 is 0 Å². The van der Waals surface area contributed by atoms with Crippen molar-refractivity contribution in [2.24, 2.45) is 0 Å². The van der Waals surface area contributed by atoms with Gasteiger partial charge in [-0.3, -0.25) is 4.98 Å². The van der Waals surface area contributed by atoms with Crippen molar-refractivity contribution < 1.29 is 9.84 Å². The number of aromatic nitrogens is 1. The highest BCUT2D eigenvalue weighted by atomic mass is 79.9. The minimum Gasteiger partial charge on any atom is -0.485 e. The maximum absolute atomic E-state index is 10.2. The predicted molar refractivity (Wildman–Crippen MR) is 71.3 cm³/mol. The number of benzene rings is 1. The topological polar surface area (TPSA) is 42.4 Å². The van der Waals surface area contributed by atoms with Gasteiger partial charge in [0.1, 0.15) is 11.9 Å². The number of pyridine rings is 1. The molecule has 2 heterocycles. The molecule has 0 bridgehead atoms. The molecular weight excluding hydrogens is 294 g/mol. The van der Waals surface area contributed by atoms with Crippen molar-refractivity contribution in [1.29, 1.82) is 0 Å². The van der Waals surface area contributed by atoms with Crippen LogP contribution in [0.1, 0.15) is 29.8 Å². The number of halogens is 1. The molecule has 92 valence electrons. The van der Waals surface area contributed by atoms with Gasteiger partial charge in [-0.1, -0.05) is 18.2 Å². The van der Waals surface area contributed by atoms with E-state index in [1.165, 1.54) is 0 Å². The Bertz CT molecular complexity index is 573. The third kappa shape index (κ3) is 2.13. The molecule has 4 heteroatoms. The summed E-state index contributed by atoms with van der Waals surface area (Å²) in [6, 6.07) is 9.57. The van der Waals surface area contributed by atoms with E-state index in [1.54, 1.807) is 12.4 Å². The van der Waals surface area contributed by atoms with E-state index in [-0.39, 0.29) is 6.10 Å². The van der Waals surface area contributed by atoms with Crippen molar-refractivity contribution in [1.82, 2.24) is 4.98 Å². The fourth-order valence-corrected chi connectivity index (χ4v) is 2.59. The Hall–Kier alpha value is -1.39. The Morgan fingerprint density at radius 2 is 2.11 bits per heavy atom. The van der Waals surface area contributed by atoms with Gasteiger partial charge in [0.15, 0.2) is 0 Å². The zero-order valence-corrected chi connectivity index (χ0v) is 11.2. The zero-order chi connectivity index (χ0) is 12.5. The third-order valence-electron chi connectivity index (χ3n) is 3.08. The molecule has 0 amide bonds. The van der Waals surface area contributed by atoms with E-state index in [0.29, 0.717) is 6.42 Å². The largest absolute Gasteiger partial charge is 0.485 e. The predicted octanol–water partition coefficient (Wildman–Crippen LogP) is 3.40. The number of aliphatic hydroxyl groups excluding tert-OH is 1. The van der Waals surface area contributed by atoms with Crippen molar-refractivity contribution in [3.05, 3.63) is 58.3 Å². The molecule has 3 nitrogen and oxygen atoms in total. The molecule has 1 N–H and O–H groups in total. The van der Waals surface area contributed by atoms with Gasteiger partial charge in [0.25, 0.3) is 0 Å². The Kier molecular flexibility index (Phi) is 3.06. The van der Waals surface area contributed by atoms with Crippen molar-refractivity contribution in [2.45, 2.75) is 18.6 Å². The second-order valence-corrected chi connectivity index (χ2v) is 5.25. The Labute approximate surface area is 114 Å². The Balaban J connectivity index is 1.94. The summed E-state index contributed by atoms with van der Waals surface area (Å²) >= 11 is 3.40. The number of para-hydroxylation sites is 1. The van der Waals surface area contributed by atoms with Crippen LogP contribution in [-0.4, -0.2) is 10.1 Å². The minimum atomic E-state index is -0.487. The van der Waals surface area contributed by atoms with Gasteiger partial charge in [0, 0.05) is 34.4 Å². The highest BCUT2D eigenvalue weighted by Gasteiger charge is 2.27. The number of aliphatic hydroxyl groups is 1. The van der Waals surface area contributed by atoms with E-state index in [9.17, 15) is 5.11 Å². The number of fused-ring (bicyclic) bond motifs is 1. The second-order valence-electron chi connectivity index (χ2n) is 4.33. The van der Waals surface area contributed by atoms with Crippen LogP contribution in [0.3, 0.4) is 0 Å². The second kappa shape index (κ2) is 4.71. The van der Waals surface area contributed by atoms with Gasteiger partial charge in [0.2, 0.25) is 0 Å². The first-order valence-electron chi connectivity index (χ1n) is 5.78. The molecule has 0 radical (unpaired) electrons. The summed E-state index contributed by atoms with van der Waals surface area (Å²) < 4.78 is 6.84. The molecule has 1 aromatic heterocycles. The van der Waals surface area contributed by atoms with Crippen LogP contribution >= 0.6 is 15.9 Å². The molecule has 18 heavy (non-hydrogen) atoms. The van der Waals surface area contributed by atoms with E-state index in [2.05, 4.69) is 20.9 Å². The van der Waals surface area contributed by atoms with Crippen molar-refractivity contribution in [3.8, 4) is 5.75 Å². The van der Waals surface area contributed by atoms with Crippen molar-refractivity contribution >= 4 is 15.9 Å². The van der Waals surface area contributed by atoms with Crippen LogP contribution in [0.25, 0.3) is 0 Å². The first-order chi connectivity index (χ1) is 8.74. The quantitative estimate of drug-likeness (QED) is 0.878. The monoisotopic (exact) mass is 305 g/mol. The lowest BCUT2D eigenvalue weighted by atomic mass is 9.96. The molecule has 3 rings (SSSR count). The van der Waals surface area contributed by atoms with Crippen LogP contribution in [0, 0.1) is 0 Å². The summed E-state index contributed by atoms with van der Waals surface area (Å²) in [5.41, 5.74) is 1.83. The van der Waals surface area contributed by atoms with Crippen LogP contribution in [0.5, 0.6) is 5.75 Å². The summed E-state index contributed by atoms with van der Waals surface area (Å²) in [7, 11) is 0. The molecule has 0 spiro atoms. The third-order valence-corrected chi connectivity index (χ3v) is 3.52. The number of rotatable bonds is 1. The van der Waals surface area contributed by atoms with E-state index >= 15 is 0 Å². The molecule has 2 unspecified atom stereocenters. The van der Waals surface area contributed by atoms with E-state index in [0.717, 1.165) is 21.3 Å². The van der Waals surface area contributed by atoms with E-state index in [1.807, 2.05) is 30.3 Å². The molecule has 0 saturated carbocycles. The van der Waals surface area contributed by atoms with Gasteiger partial charge in [-0.05, 0) is 28.1 Å². The summed E-state index contributed by atoms with van der Waals surface area (Å²) in [4.78, 5) is 4.13. The minimum absolute atomic E-state index is 0.153. The molecule has 2 atom stereocenters. The first kappa shape index (κ1) is 11.7. The van der Waals surface area contributed by atoms with Crippen LogP contribution < -0.4 is 4.74 Å². The van der Waals surface area contributed by atoms with E-state index < -0.39 is 6.10 Å². The van der Waals surface area contributed by atoms with Gasteiger partial charge < -0.3 is 9.84 Å². The normalized spacial score (nSPS) is 22.1. The maximum Gasteiger partial charge on any atom is 0.128 e. The molecular formula is C14H12BrNO2. The van der Waals surface area contributed by atoms with Crippen LogP contribution in [0.15, 0.2) is 47.2 Å². The SMILES string of the molecule is OC1CC(c2cncc(Br)c2)Oc2ccccc21. The Morgan fingerprint density at radius 3 is 2.94 bits per heavy atom. The molecule has 0 fully saturated rings. The number of nitrogens with zero attached hydrogens (tertiary/aromatic N) is 1. The van der Waals surface area contributed by atoms with Gasteiger partial charge in [-0.2, -0.15) is 0 Å². The number of hydrogen-bond donors (Lipinski definition) is 1. The summed E-state index contributed by atoms with van der Waals surface area (Å²) in [6.45, 7) is 0. The lowest BCUT2D eigenvalue weighted by Gasteiger charge is -2.29. The Morgan fingerprint density at radius 1 is 1.28 bits per heavy atom. The van der Waals surface area contributed by atoms with Gasteiger partial charge in [-0.25, -0.2) is 0 Å². The highest BCUT2D eigenvalue weighted by molar-refractivity contribution is 9.10. The fraction of sp³-hybridized carbons (Fsp3) is 0.214. The lowest BCUT2D eigenvalue weighted by molar-refractivity contribution is 0.0655. The van der Waals surface area contributed by atoms with Crippen LogP contribution in [0.2, 0.25) is 0 Å². The lowest BCUT2D eigenvalue weighted by Crippen LogP contribution is -2.19. The van der Waals surface area contributed by atoms with Crippen LogP contribution in [0.4, 0.5) is 0 Å². The number of ether oxygens (including phenoxy) is 1. The molecule has 1 aromatic carbocycles. The standard InChI is InChI=1S/C14H12BrNO2/c15-10-5-9(7-16-8-10)14-6-12(17)11-3-1-2-4-13(11)18-14/h1-5,7-8,12,14,17H,6H2. The molecule has 2 aromatic rings. The highest BCUT2D eigenvalue weighted by Crippen LogP contribution is 2.40. The number of hydrogen-bond acceptors (Lipinski definition) is 3. The van der Waals surface area contributed by atoms with Gasteiger partial charge in [0.05, 0.1) is 6.10 Å². The van der Waals surface area contributed by atoms with E-state index in [4.69, 9.17) is 4.74 Å². The smallest absolute Gasteiger partial charge is 0.128 e. The maximum atomic E-state index is 10.2. The van der Waals surface area contributed by atoms with Crippen molar-refractivity contribution in [3.63, 3.8) is 0 Å². The summed E-state index contributed by atoms with van der Waals surface area (Å²) in [6.07, 6.45) is 3.42.